The van der Waals surface area contributed by atoms with E-state index in [1.807, 2.05) is 26.0 Å². The first-order chi connectivity index (χ1) is 21.5. The normalized spacial score (nSPS) is 16.7. The van der Waals surface area contributed by atoms with Crippen molar-refractivity contribution in [3.63, 3.8) is 0 Å². The van der Waals surface area contributed by atoms with Crippen LogP contribution in [0.3, 0.4) is 0 Å². The van der Waals surface area contributed by atoms with Crippen molar-refractivity contribution in [3.05, 3.63) is 74.7 Å². The van der Waals surface area contributed by atoms with Gasteiger partial charge in [0.25, 0.3) is 5.91 Å². The van der Waals surface area contributed by atoms with Crippen LogP contribution in [0.15, 0.2) is 48.7 Å². The lowest BCUT2D eigenvalue weighted by Crippen LogP contribution is -2.46. The number of hydrogen-bond donors (Lipinski definition) is 0. The number of halogens is 1. The highest BCUT2D eigenvalue weighted by Gasteiger charge is 2.40. The molecular weight excluding hydrogens is 620 g/mol. The lowest BCUT2D eigenvalue weighted by molar-refractivity contribution is -0.144. The number of aromatic nitrogens is 1. The zero-order valence-electron chi connectivity index (χ0n) is 26.1. The van der Waals surface area contributed by atoms with Crippen LogP contribution in [0.25, 0.3) is 6.08 Å². The van der Waals surface area contributed by atoms with Crippen LogP contribution in [-0.4, -0.2) is 62.9 Å². The van der Waals surface area contributed by atoms with Crippen molar-refractivity contribution in [2.75, 3.05) is 38.9 Å². The topological polar surface area (TPSA) is 113 Å². The molecule has 0 saturated heterocycles. The smallest absolute Gasteiger partial charge is 0.330 e. The predicted octanol–water partition coefficient (Wildman–Crippen LogP) is 6.04. The molecule has 0 N–H and O–H groups in total. The van der Waals surface area contributed by atoms with Gasteiger partial charge in [0.15, 0.2) is 11.5 Å². The fourth-order valence-corrected chi connectivity index (χ4v) is 6.03. The molecule has 45 heavy (non-hydrogen) atoms. The monoisotopic (exact) mass is 656 g/mol. The largest absolute Gasteiger partial charge is 0.493 e. The van der Waals surface area contributed by atoms with E-state index < -0.39 is 29.6 Å². The Morgan fingerprint density at radius 3 is 2.60 bits per heavy atom. The molecule has 3 aromatic rings. The molecule has 0 fully saturated rings. The molecule has 12 heteroatoms. The number of rotatable bonds is 12. The molecule has 1 amide bonds. The van der Waals surface area contributed by atoms with Crippen LogP contribution in [0.5, 0.6) is 11.5 Å². The van der Waals surface area contributed by atoms with Gasteiger partial charge in [0.2, 0.25) is 0 Å². The number of para-hydroxylation sites is 1. The van der Waals surface area contributed by atoms with Crippen LogP contribution in [0.1, 0.15) is 54.8 Å². The Kier molecular flexibility index (Phi) is 11.2. The van der Waals surface area contributed by atoms with Crippen LogP contribution in [-0.2, 0) is 35.0 Å². The van der Waals surface area contributed by atoms with E-state index in [4.69, 9.17) is 35.3 Å². The first-order valence-corrected chi connectivity index (χ1v) is 15.6. The van der Waals surface area contributed by atoms with Gasteiger partial charge in [0.05, 0.1) is 32.4 Å². The van der Waals surface area contributed by atoms with E-state index in [0.717, 1.165) is 4.88 Å². The molecule has 2 heterocycles. The number of carbonyl (C=O) groups is 3. The minimum atomic E-state index is -0.977. The van der Waals surface area contributed by atoms with E-state index in [1.165, 1.54) is 24.3 Å². The number of fused-ring (bicyclic) bond motifs is 1. The molecule has 4 rings (SSSR count). The summed E-state index contributed by atoms with van der Waals surface area (Å²) in [5.74, 6) is -0.177. The Hall–Kier alpha value is -3.93. The molecule has 10 nitrogen and oxygen atoms in total. The molecule has 0 spiro atoms. The predicted molar refractivity (Wildman–Crippen MR) is 172 cm³/mol. The SMILES string of the molecule is CCOC(=O)C=Cc1cnc(C[C@H]2O[C@H](c3cccc(OC)c3OC)c3cc(Cl)ccc3N(CC(C)(C)COC(C)=O)C2=O)s1. The van der Waals surface area contributed by atoms with Gasteiger partial charge in [0, 0.05) is 64.3 Å². The third-order valence-corrected chi connectivity index (χ3v) is 8.19. The van der Waals surface area contributed by atoms with Crippen molar-refractivity contribution < 1.29 is 38.1 Å². The van der Waals surface area contributed by atoms with Crippen LogP contribution < -0.4 is 14.4 Å². The molecule has 2 atom stereocenters. The summed E-state index contributed by atoms with van der Waals surface area (Å²) >= 11 is 7.88. The summed E-state index contributed by atoms with van der Waals surface area (Å²) in [4.78, 5) is 44.8. The molecule has 0 saturated carbocycles. The number of hydrogen-bond acceptors (Lipinski definition) is 10. The Morgan fingerprint density at radius 1 is 1.13 bits per heavy atom. The minimum Gasteiger partial charge on any atom is -0.493 e. The second-order valence-corrected chi connectivity index (χ2v) is 12.7. The van der Waals surface area contributed by atoms with Crippen molar-refractivity contribution in [2.45, 2.75) is 46.3 Å². The fraction of sp³-hybridized carbons (Fsp3) is 0.394. The van der Waals surface area contributed by atoms with Gasteiger partial charge in [-0.3, -0.25) is 9.59 Å². The average molecular weight is 657 g/mol. The maximum atomic E-state index is 14.5. The molecule has 0 unspecified atom stereocenters. The lowest BCUT2D eigenvalue weighted by Gasteiger charge is -2.33. The van der Waals surface area contributed by atoms with Crippen molar-refractivity contribution in [1.82, 2.24) is 4.98 Å². The zero-order chi connectivity index (χ0) is 32.7. The Labute approximate surface area is 271 Å². The molecule has 240 valence electrons. The summed E-state index contributed by atoms with van der Waals surface area (Å²) in [5, 5.41) is 1.10. The summed E-state index contributed by atoms with van der Waals surface area (Å²) in [6, 6.07) is 10.8. The summed E-state index contributed by atoms with van der Waals surface area (Å²) in [6.45, 7) is 7.54. The summed E-state index contributed by atoms with van der Waals surface area (Å²) in [6.07, 6.45) is 3.00. The molecule has 1 aliphatic heterocycles. The number of anilines is 1. The molecule has 0 radical (unpaired) electrons. The van der Waals surface area contributed by atoms with E-state index in [2.05, 4.69) is 4.98 Å². The Bertz CT molecular complexity index is 1570. The molecule has 0 bridgehead atoms. The first-order valence-electron chi connectivity index (χ1n) is 14.4. The van der Waals surface area contributed by atoms with E-state index >= 15 is 0 Å². The molecular formula is C33H37ClN2O8S. The number of ether oxygens (including phenoxy) is 5. The molecule has 1 aliphatic rings. The van der Waals surface area contributed by atoms with Crippen molar-refractivity contribution in [2.24, 2.45) is 5.41 Å². The van der Waals surface area contributed by atoms with Crippen molar-refractivity contribution in [3.8, 4) is 11.5 Å². The number of thiazole rings is 1. The highest BCUT2D eigenvalue weighted by atomic mass is 35.5. The maximum Gasteiger partial charge on any atom is 0.330 e. The Morgan fingerprint density at radius 2 is 1.91 bits per heavy atom. The third kappa shape index (κ3) is 8.42. The summed E-state index contributed by atoms with van der Waals surface area (Å²) in [5.41, 5.74) is 1.30. The maximum absolute atomic E-state index is 14.5. The number of benzene rings is 2. The number of methoxy groups -OCH3 is 2. The van der Waals surface area contributed by atoms with Crippen LogP contribution in [0.4, 0.5) is 5.69 Å². The highest BCUT2D eigenvalue weighted by Crippen LogP contribution is 2.45. The minimum absolute atomic E-state index is 0.107. The molecule has 2 aromatic carbocycles. The first kappa shape index (κ1) is 34.0. The van der Waals surface area contributed by atoms with Gasteiger partial charge >= 0.3 is 11.9 Å². The van der Waals surface area contributed by atoms with Gasteiger partial charge < -0.3 is 28.6 Å². The second kappa shape index (κ2) is 14.9. The van der Waals surface area contributed by atoms with Gasteiger partial charge in [0.1, 0.15) is 12.2 Å². The zero-order valence-corrected chi connectivity index (χ0v) is 27.7. The molecule has 0 aliphatic carbocycles. The Balaban J connectivity index is 1.80. The van der Waals surface area contributed by atoms with Gasteiger partial charge in [-0.25, -0.2) is 9.78 Å². The van der Waals surface area contributed by atoms with Gasteiger partial charge in [-0.15, -0.1) is 11.3 Å². The van der Waals surface area contributed by atoms with E-state index in [-0.39, 0.29) is 32.1 Å². The van der Waals surface area contributed by atoms with E-state index in [0.29, 0.717) is 38.3 Å². The number of carbonyl (C=O) groups excluding carboxylic acids is 3. The van der Waals surface area contributed by atoms with Crippen LogP contribution >= 0.6 is 22.9 Å². The van der Waals surface area contributed by atoms with Crippen LogP contribution in [0.2, 0.25) is 5.02 Å². The van der Waals surface area contributed by atoms with Gasteiger partial charge in [-0.05, 0) is 37.3 Å². The summed E-state index contributed by atoms with van der Waals surface area (Å²) in [7, 11) is 3.10. The number of esters is 2. The number of nitrogens with zero attached hydrogens (tertiary/aromatic N) is 2. The number of amides is 1. The third-order valence-electron chi connectivity index (χ3n) is 6.97. The lowest BCUT2D eigenvalue weighted by atomic mass is 9.92. The highest BCUT2D eigenvalue weighted by molar-refractivity contribution is 7.12. The average Bonchev–Trinajstić information content (AvgIpc) is 3.43. The van der Waals surface area contributed by atoms with E-state index in [9.17, 15) is 14.4 Å². The van der Waals surface area contributed by atoms with E-state index in [1.54, 1.807) is 62.6 Å². The van der Waals surface area contributed by atoms with Crippen molar-refractivity contribution >= 4 is 52.5 Å². The van der Waals surface area contributed by atoms with Gasteiger partial charge in [-0.1, -0.05) is 37.6 Å². The fourth-order valence-electron chi connectivity index (χ4n) is 4.99. The standard InChI is InChI=1S/C33H37ClN2O8S/c1-7-42-29(38)14-12-22-17-35-28(45-22)16-27-32(39)36(18-33(3,4)19-43-20(2)37)25-13-11-21(34)15-24(25)30(44-27)23-9-8-10-26(40-5)31(23)41-6/h8-15,17,27,30H,7,16,18-19H2,1-6H3/t27-,30-/m1/s1. The molecule has 1 aromatic heterocycles. The quantitative estimate of drug-likeness (QED) is 0.170. The second-order valence-electron chi connectivity index (χ2n) is 11.1. The van der Waals surface area contributed by atoms with Crippen LogP contribution in [0, 0.1) is 5.41 Å². The summed E-state index contributed by atoms with van der Waals surface area (Å²) < 4.78 is 28.4. The van der Waals surface area contributed by atoms with Gasteiger partial charge in [-0.2, -0.15) is 0 Å². The van der Waals surface area contributed by atoms with Crippen molar-refractivity contribution in [1.29, 1.82) is 0 Å².